The van der Waals surface area contributed by atoms with Crippen molar-refractivity contribution in [3.63, 3.8) is 0 Å². The van der Waals surface area contributed by atoms with Crippen LogP contribution in [0.25, 0.3) is 0 Å². The summed E-state index contributed by atoms with van der Waals surface area (Å²) < 4.78 is 14.3. The molecule has 0 bridgehead atoms. The van der Waals surface area contributed by atoms with E-state index in [1.807, 2.05) is 45.9 Å². The fourth-order valence-corrected chi connectivity index (χ4v) is 2.18. The van der Waals surface area contributed by atoms with Crippen LogP contribution in [-0.2, 0) is 0 Å². The minimum Gasteiger partial charge on any atom is -0.312 e. The molecular formula is C20H24FN. The van der Waals surface area contributed by atoms with Crippen LogP contribution >= 0.6 is 0 Å². The molecule has 0 atom stereocenters. The second kappa shape index (κ2) is 7.60. The summed E-state index contributed by atoms with van der Waals surface area (Å²) in [4.78, 5) is 1.74. The Morgan fingerprint density at radius 2 is 1.86 bits per heavy atom. The van der Waals surface area contributed by atoms with Crippen molar-refractivity contribution in [2.45, 2.75) is 27.7 Å². The van der Waals surface area contributed by atoms with Gasteiger partial charge in [0.15, 0.2) is 0 Å². The summed E-state index contributed by atoms with van der Waals surface area (Å²) in [5, 5.41) is 0. The van der Waals surface area contributed by atoms with Gasteiger partial charge in [-0.3, -0.25) is 0 Å². The van der Waals surface area contributed by atoms with Gasteiger partial charge in [0.1, 0.15) is 5.82 Å². The highest BCUT2D eigenvalue weighted by Crippen LogP contribution is 2.32. The number of hydrogen-bond donors (Lipinski definition) is 0. The standard InChI is InChI=1S/C20H24FN/c1-8-15(5)13-18(9-2)17(7)22(14(3)4)20-16(6)11-10-12-19(20)21/h8-13H,2-3,7H2,1,4-6H3/b15-8-,18-13+. The molecule has 0 aromatic heterocycles. The summed E-state index contributed by atoms with van der Waals surface area (Å²) in [6.07, 6.45) is 5.69. The van der Waals surface area contributed by atoms with Gasteiger partial charge in [0.05, 0.1) is 5.69 Å². The number of aryl methyl sites for hydroxylation is 1. The van der Waals surface area contributed by atoms with Gasteiger partial charge in [0.2, 0.25) is 0 Å². The van der Waals surface area contributed by atoms with Crippen LogP contribution in [-0.4, -0.2) is 0 Å². The molecular weight excluding hydrogens is 273 g/mol. The average molecular weight is 297 g/mol. The third-order valence-corrected chi connectivity index (χ3v) is 3.46. The molecule has 0 saturated carbocycles. The quantitative estimate of drug-likeness (QED) is 0.576. The number of benzene rings is 1. The number of allylic oxidation sites excluding steroid dienone is 5. The van der Waals surface area contributed by atoms with Gasteiger partial charge in [0, 0.05) is 11.4 Å². The Morgan fingerprint density at radius 1 is 1.23 bits per heavy atom. The normalized spacial score (nSPS) is 12.0. The predicted molar refractivity (Wildman–Crippen MR) is 95.3 cm³/mol. The maximum atomic E-state index is 14.3. The van der Waals surface area contributed by atoms with Crippen LogP contribution in [0.4, 0.5) is 10.1 Å². The molecule has 0 amide bonds. The topological polar surface area (TPSA) is 3.24 Å². The largest absolute Gasteiger partial charge is 0.312 e. The highest BCUT2D eigenvalue weighted by atomic mass is 19.1. The summed E-state index contributed by atoms with van der Waals surface area (Å²) in [5.74, 6) is -0.296. The number of hydrogen-bond acceptors (Lipinski definition) is 1. The van der Waals surface area contributed by atoms with E-state index in [2.05, 4.69) is 19.7 Å². The van der Waals surface area contributed by atoms with Gasteiger partial charge in [-0.15, -0.1) is 0 Å². The van der Waals surface area contributed by atoms with Gasteiger partial charge in [0.25, 0.3) is 0 Å². The molecule has 0 aliphatic heterocycles. The molecule has 1 nitrogen and oxygen atoms in total. The molecule has 0 heterocycles. The van der Waals surface area contributed by atoms with Crippen molar-refractivity contribution >= 4 is 5.69 Å². The number of nitrogens with zero attached hydrogens (tertiary/aromatic N) is 1. The zero-order valence-electron chi connectivity index (χ0n) is 13.9. The lowest BCUT2D eigenvalue weighted by Gasteiger charge is -2.29. The van der Waals surface area contributed by atoms with E-state index in [9.17, 15) is 4.39 Å². The van der Waals surface area contributed by atoms with E-state index in [1.165, 1.54) is 6.07 Å². The second-order valence-electron chi connectivity index (χ2n) is 5.26. The molecule has 0 aliphatic carbocycles. The molecule has 0 saturated heterocycles. The first-order chi connectivity index (χ1) is 10.3. The van der Waals surface area contributed by atoms with Crippen LogP contribution in [0.15, 0.2) is 78.7 Å². The predicted octanol–water partition coefficient (Wildman–Crippen LogP) is 6.07. The number of rotatable bonds is 6. The second-order valence-corrected chi connectivity index (χ2v) is 5.26. The van der Waals surface area contributed by atoms with Crippen LogP contribution in [0.1, 0.15) is 26.3 Å². The van der Waals surface area contributed by atoms with Crippen LogP contribution in [0.2, 0.25) is 0 Å². The van der Waals surface area contributed by atoms with Crippen molar-refractivity contribution in [2.75, 3.05) is 4.90 Å². The third kappa shape index (κ3) is 3.85. The summed E-state index contributed by atoms with van der Waals surface area (Å²) >= 11 is 0. The lowest BCUT2D eigenvalue weighted by atomic mass is 10.1. The Hall–Kier alpha value is -2.35. The van der Waals surface area contributed by atoms with E-state index in [0.29, 0.717) is 17.1 Å². The van der Waals surface area contributed by atoms with E-state index in [0.717, 1.165) is 16.7 Å². The monoisotopic (exact) mass is 297 g/mol. The van der Waals surface area contributed by atoms with Crippen molar-refractivity contribution in [3.05, 3.63) is 90.1 Å². The van der Waals surface area contributed by atoms with E-state index in [-0.39, 0.29) is 5.82 Å². The first-order valence-electron chi connectivity index (χ1n) is 7.20. The van der Waals surface area contributed by atoms with E-state index >= 15 is 0 Å². The minimum absolute atomic E-state index is 0.296. The highest BCUT2D eigenvalue weighted by molar-refractivity contribution is 5.67. The van der Waals surface area contributed by atoms with Crippen LogP contribution < -0.4 is 4.90 Å². The first-order valence-corrected chi connectivity index (χ1v) is 7.20. The van der Waals surface area contributed by atoms with Crippen molar-refractivity contribution in [3.8, 4) is 0 Å². The van der Waals surface area contributed by atoms with Gasteiger partial charge in [-0.2, -0.15) is 0 Å². The molecule has 1 aromatic rings. The molecule has 1 aromatic carbocycles. The van der Waals surface area contributed by atoms with Crippen molar-refractivity contribution < 1.29 is 4.39 Å². The van der Waals surface area contributed by atoms with Crippen molar-refractivity contribution in [1.82, 2.24) is 0 Å². The van der Waals surface area contributed by atoms with E-state index in [1.54, 1.807) is 17.0 Å². The molecule has 0 unspecified atom stereocenters. The Morgan fingerprint density at radius 3 is 2.32 bits per heavy atom. The Kier molecular flexibility index (Phi) is 6.11. The third-order valence-electron chi connectivity index (χ3n) is 3.46. The van der Waals surface area contributed by atoms with E-state index < -0.39 is 0 Å². The first kappa shape index (κ1) is 17.7. The lowest BCUT2D eigenvalue weighted by molar-refractivity contribution is 0.625. The minimum atomic E-state index is -0.296. The highest BCUT2D eigenvalue weighted by Gasteiger charge is 2.19. The fourth-order valence-electron chi connectivity index (χ4n) is 2.18. The van der Waals surface area contributed by atoms with Gasteiger partial charge in [-0.05, 0) is 44.9 Å². The number of para-hydroxylation sites is 1. The van der Waals surface area contributed by atoms with Gasteiger partial charge < -0.3 is 4.90 Å². The fraction of sp³-hybridized carbons (Fsp3) is 0.200. The summed E-state index contributed by atoms with van der Waals surface area (Å²) in [7, 11) is 0. The molecule has 0 spiro atoms. The molecule has 0 radical (unpaired) electrons. The maximum absolute atomic E-state index is 14.3. The average Bonchev–Trinajstić information content (AvgIpc) is 2.47. The molecule has 22 heavy (non-hydrogen) atoms. The molecule has 0 N–H and O–H groups in total. The smallest absolute Gasteiger partial charge is 0.147 e. The molecule has 0 fully saturated rings. The van der Waals surface area contributed by atoms with Crippen LogP contribution in [0.3, 0.4) is 0 Å². The van der Waals surface area contributed by atoms with Gasteiger partial charge in [-0.1, -0.05) is 55.7 Å². The summed E-state index contributed by atoms with van der Waals surface area (Å²) in [6, 6.07) is 5.01. The number of halogens is 1. The van der Waals surface area contributed by atoms with Gasteiger partial charge >= 0.3 is 0 Å². The van der Waals surface area contributed by atoms with Crippen molar-refractivity contribution in [1.29, 1.82) is 0 Å². The Labute approximate surface area is 133 Å². The molecule has 2 heteroatoms. The molecule has 1 rings (SSSR count). The van der Waals surface area contributed by atoms with E-state index in [4.69, 9.17) is 0 Å². The van der Waals surface area contributed by atoms with Crippen LogP contribution in [0.5, 0.6) is 0 Å². The molecule has 116 valence electrons. The SMILES string of the molecule is C=C/C(=C\C(C)=C/C)C(=C)N(C(=C)C)c1c(C)cccc1F. The summed E-state index contributed by atoms with van der Waals surface area (Å²) in [6.45, 7) is 19.6. The van der Waals surface area contributed by atoms with Gasteiger partial charge in [-0.25, -0.2) is 4.39 Å². The van der Waals surface area contributed by atoms with Crippen molar-refractivity contribution in [2.24, 2.45) is 0 Å². The lowest BCUT2D eigenvalue weighted by Crippen LogP contribution is -2.22. The zero-order valence-corrected chi connectivity index (χ0v) is 13.9. The zero-order chi connectivity index (χ0) is 16.9. The Bertz CT molecular complexity index is 642. The summed E-state index contributed by atoms with van der Waals surface area (Å²) in [5.41, 5.74) is 4.58. The number of anilines is 1. The maximum Gasteiger partial charge on any atom is 0.147 e. The Balaban J connectivity index is 3.44. The van der Waals surface area contributed by atoms with Crippen LogP contribution in [0, 0.1) is 12.7 Å². The molecule has 0 aliphatic rings.